The van der Waals surface area contributed by atoms with Crippen LogP contribution in [0.1, 0.15) is 15.9 Å². The van der Waals surface area contributed by atoms with Crippen LogP contribution in [-0.2, 0) is 7.05 Å². The number of carbonyl (C=O) groups excluding carboxylic acids is 1. The van der Waals surface area contributed by atoms with Crippen LogP contribution >= 0.6 is 0 Å². The molecule has 0 atom stereocenters. The van der Waals surface area contributed by atoms with Crippen molar-refractivity contribution in [3.63, 3.8) is 0 Å². The van der Waals surface area contributed by atoms with Gasteiger partial charge in [0.2, 0.25) is 0 Å². The number of halogens is 2. The van der Waals surface area contributed by atoms with Gasteiger partial charge in [-0.3, -0.25) is 9.48 Å². The Morgan fingerprint density at radius 2 is 2.00 bits per heavy atom. The molecule has 7 heteroatoms. The minimum Gasteiger partial charge on any atom is -0.492 e. The summed E-state index contributed by atoms with van der Waals surface area (Å²) in [4.78, 5) is 14.3. The Balaban J connectivity index is 1.73. The average molecular weight is 385 g/mol. The third-order valence-corrected chi connectivity index (χ3v) is 4.28. The van der Waals surface area contributed by atoms with Gasteiger partial charge in [-0.2, -0.15) is 5.10 Å². The molecule has 28 heavy (non-hydrogen) atoms. The molecule has 0 bridgehead atoms. The van der Waals surface area contributed by atoms with E-state index in [2.05, 4.69) is 5.10 Å². The summed E-state index contributed by atoms with van der Waals surface area (Å²) in [5, 5.41) is 4.19. The van der Waals surface area contributed by atoms with E-state index in [1.165, 1.54) is 21.8 Å². The van der Waals surface area contributed by atoms with E-state index in [0.29, 0.717) is 13.2 Å². The Labute approximate surface area is 162 Å². The fourth-order valence-corrected chi connectivity index (χ4v) is 2.84. The molecule has 0 saturated heterocycles. The molecule has 0 aliphatic carbocycles. The van der Waals surface area contributed by atoms with Gasteiger partial charge in [-0.15, -0.1) is 0 Å². The molecule has 0 spiro atoms. The number of hydrogen-bond donors (Lipinski definition) is 0. The number of rotatable bonds is 6. The van der Waals surface area contributed by atoms with Crippen molar-refractivity contribution in [3.8, 4) is 17.0 Å². The summed E-state index contributed by atoms with van der Waals surface area (Å²) in [6.45, 7) is 2.63. The van der Waals surface area contributed by atoms with Gasteiger partial charge in [-0.05, 0) is 36.8 Å². The first-order valence-electron chi connectivity index (χ1n) is 8.79. The molecule has 1 heterocycles. The van der Waals surface area contributed by atoms with E-state index >= 15 is 0 Å². The lowest BCUT2D eigenvalue weighted by molar-refractivity contribution is 0.0774. The Morgan fingerprint density at radius 3 is 2.71 bits per heavy atom. The van der Waals surface area contributed by atoms with Gasteiger partial charge in [0.15, 0.2) is 0 Å². The summed E-state index contributed by atoms with van der Waals surface area (Å²) in [5.74, 6) is -1.04. The van der Waals surface area contributed by atoms with E-state index in [9.17, 15) is 13.6 Å². The van der Waals surface area contributed by atoms with Gasteiger partial charge >= 0.3 is 0 Å². The van der Waals surface area contributed by atoms with Crippen LogP contribution in [0.25, 0.3) is 11.3 Å². The molecular formula is C21H21F2N3O2. The van der Waals surface area contributed by atoms with Gasteiger partial charge < -0.3 is 9.64 Å². The molecule has 0 radical (unpaired) electrons. The topological polar surface area (TPSA) is 47.4 Å². The van der Waals surface area contributed by atoms with Gasteiger partial charge in [-0.1, -0.05) is 12.1 Å². The second kappa shape index (κ2) is 8.21. The van der Waals surface area contributed by atoms with Gasteiger partial charge in [0.25, 0.3) is 5.91 Å². The average Bonchev–Trinajstić information content (AvgIpc) is 3.02. The zero-order valence-electron chi connectivity index (χ0n) is 15.9. The van der Waals surface area contributed by atoms with Crippen molar-refractivity contribution in [2.45, 2.75) is 6.92 Å². The highest BCUT2D eigenvalue weighted by Gasteiger charge is 2.22. The normalized spacial score (nSPS) is 10.8. The Morgan fingerprint density at radius 1 is 1.21 bits per heavy atom. The second-order valence-corrected chi connectivity index (χ2v) is 6.58. The number of likely N-dealkylation sites (N-methyl/N-ethyl adjacent to an activating group) is 1. The molecule has 0 N–H and O–H groups in total. The van der Waals surface area contributed by atoms with E-state index in [-0.39, 0.29) is 22.7 Å². The van der Waals surface area contributed by atoms with Crippen LogP contribution in [-0.4, -0.2) is 40.8 Å². The minimum absolute atomic E-state index is 0.0785. The molecule has 1 aromatic heterocycles. The smallest absolute Gasteiger partial charge is 0.257 e. The molecule has 3 rings (SSSR count). The third-order valence-electron chi connectivity index (χ3n) is 4.28. The molecule has 1 amide bonds. The number of carbonyl (C=O) groups is 1. The summed E-state index contributed by atoms with van der Waals surface area (Å²) in [6, 6.07) is 10.8. The first-order valence-corrected chi connectivity index (χ1v) is 8.79. The monoisotopic (exact) mass is 385 g/mol. The number of hydrogen-bond acceptors (Lipinski definition) is 3. The maximum atomic E-state index is 14.2. The largest absolute Gasteiger partial charge is 0.492 e. The molecular weight excluding hydrogens is 364 g/mol. The summed E-state index contributed by atoms with van der Waals surface area (Å²) >= 11 is 0. The van der Waals surface area contributed by atoms with Crippen molar-refractivity contribution >= 4 is 5.91 Å². The predicted octanol–water partition coefficient (Wildman–Crippen LogP) is 3.82. The van der Waals surface area contributed by atoms with E-state index in [1.54, 1.807) is 14.1 Å². The summed E-state index contributed by atoms with van der Waals surface area (Å²) < 4.78 is 34.5. The van der Waals surface area contributed by atoms with Gasteiger partial charge in [0.1, 0.15) is 29.7 Å². The molecule has 5 nitrogen and oxygen atoms in total. The molecule has 0 fully saturated rings. The zero-order chi connectivity index (χ0) is 20.3. The first-order chi connectivity index (χ1) is 13.3. The van der Waals surface area contributed by atoms with Gasteiger partial charge in [-0.25, -0.2) is 8.78 Å². The first kappa shape index (κ1) is 19.5. The molecule has 2 aromatic carbocycles. The van der Waals surface area contributed by atoms with Crippen molar-refractivity contribution in [2.75, 3.05) is 20.2 Å². The van der Waals surface area contributed by atoms with E-state index in [1.807, 2.05) is 31.2 Å². The van der Waals surface area contributed by atoms with E-state index in [0.717, 1.165) is 23.4 Å². The molecule has 3 aromatic rings. The lowest BCUT2D eigenvalue weighted by atomic mass is 10.1. The van der Waals surface area contributed by atoms with Crippen molar-refractivity contribution in [1.29, 1.82) is 0 Å². The Bertz CT molecular complexity index is 1000. The molecule has 0 saturated carbocycles. The molecule has 0 aliphatic rings. The van der Waals surface area contributed by atoms with Crippen molar-refractivity contribution in [3.05, 3.63) is 71.4 Å². The standard InChI is InChI=1S/C21H21F2N3O2/c1-14-5-4-6-16(11-14)28-10-9-25(2)21(27)18-13-26(3)24-20(18)17-8-7-15(22)12-19(17)23/h4-8,11-13H,9-10H2,1-3H3. The molecule has 0 aliphatic heterocycles. The minimum atomic E-state index is -0.766. The maximum absolute atomic E-state index is 14.2. The number of nitrogens with zero attached hydrogens (tertiary/aromatic N) is 3. The highest BCUT2D eigenvalue weighted by atomic mass is 19.1. The quantitative estimate of drug-likeness (QED) is 0.648. The van der Waals surface area contributed by atoms with Crippen LogP contribution in [0.15, 0.2) is 48.7 Å². The third kappa shape index (κ3) is 4.36. The highest BCUT2D eigenvalue weighted by molar-refractivity contribution is 5.99. The predicted molar refractivity (Wildman–Crippen MR) is 102 cm³/mol. The zero-order valence-corrected chi connectivity index (χ0v) is 15.9. The Hall–Kier alpha value is -3.22. The van der Waals surface area contributed by atoms with E-state index in [4.69, 9.17) is 4.74 Å². The van der Waals surface area contributed by atoms with Crippen LogP contribution < -0.4 is 4.74 Å². The van der Waals surface area contributed by atoms with Crippen LogP contribution in [0.3, 0.4) is 0 Å². The number of benzene rings is 2. The number of aryl methyl sites for hydroxylation is 2. The molecule has 146 valence electrons. The lowest BCUT2D eigenvalue weighted by Gasteiger charge is -2.17. The number of aromatic nitrogens is 2. The van der Waals surface area contributed by atoms with Crippen LogP contribution in [0, 0.1) is 18.6 Å². The van der Waals surface area contributed by atoms with E-state index < -0.39 is 11.6 Å². The summed E-state index contributed by atoms with van der Waals surface area (Å²) in [6.07, 6.45) is 1.53. The Kier molecular flexibility index (Phi) is 5.73. The molecule has 0 unspecified atom stereocenters. The number of amides is 1. The maximum Gasteiger partial charge on any atom is 0.257 e. The SMILES string of the molecule is Cc1cccc(OCCN(C)C(=O)c2cn(C)nc2-c2ccc(F)cc2F)c1. The van der Waals surface area contributed by atoms with Crippen LogP contribution in [0.5, 0.6) is 5.75 Å². The van der Waals surface area contributed by atoms with Gasteiger partial charge in [0.05, 0.1) is 12.1 Å². The highest BCUT2D eigenvalue weighted by Crippen LogP contribution is 2.26. The fraction of sp³-hybridized carbons (Fsp3) is 0.238. The van der Waals surface area contributed by atoms with Crippen molar-refractivity contribution in [1.82, 2.24) is 14.7 Å². The summed E-state index contributed by atoms with van der Waals surface area (Å²) in [5.41, 5.74) is 1.58. The van der Waals surface area contributed by atoms with Crippen LogP contribution in [0.2, 0.25) is 0 Å². The second-order valence-electron chi connectivity index (χ2n) is 6.58. The summed E-state index contributed by atoms with van der Waals surface area (Å²) in [7, 11) is 3.28. The number of ether oxygens (including phenoxy) is 1. The van der Waals surface area contributed by atoms with Gasteiger partial charge in [0, 0.05) is 31.9 Å². The lowest BCUT2D eigenvalue weighted by Crippen LogP contribution is -2.31. The fourth-order valence-electron chi connectivity index (χ4n) is 2.84. The van der Waals surface area contributed by atoms with Crippen LogP contribution in [0.4, 0.5) is 8.78 Å². The van der Waals surface area contributed by atoms with Crippen molar-refractivity contribution in [2.24, 2.45) is 7.05 Å². The van der Waals surface area contributed by atoms with Crippen molar-refractivity contribution < 1.29 is 18.3 Å².